The smallest absolute Gasteiger partial charge is 0.368 e. The van der Waals surface area contributed by atoms with Gasteiger partial charge in [-0.25, -0.2) is 4.79 Å². The van der Waals surface area contributed by atoms with Crippen molar-refractivity contribution in [1.82, 2.24) is 24.7 Å². The summed E-state index contributed by atoms with van der Waals surface area (Å²) in [5, 5.41) is 7.97. The van der Waals surface area contributed by atoms with Crippen molar-refractivity contribution >= 4 is 5.91 Å². The number of hydrogen-bond donors (Lipinski definition) is 0. The van der Waals surface area contributed by atoms with Crippen molar-refractivity contribution in [2.45, 2.75) is 18.9 Å². The van der Waals surface area contributed by atoms with Gasteiger partial charge < -0.3 is 9.64 Å². The number of likely N-dealkylation sites (tertiary alicyclic amines) is 1. The minimum atomic E-state index is -0.252. The second-order valence-corrected chi connectivity index (χ2v) is 5.50. The van der Waals surface area contributed by atoms with Crippen LogP contribution in [0.15, 0.2) is 35.1 Å². The summed E-state index contributed by atoms with van der Waals surface area (Å²) in [6.07, 6.45) is 1.37. The standard InChI is InChI=1S/C15H19N5O3/c1-23-11-14(21)18-9-7-13(8-10-18)20-15(22)19(16-17-20)12-5-3-2-4-6-12/h2-6,13H,7-11H2,1H3. The summed E-state index contributed by atoms with van der Waals surface area (Å²) in [5.74, 6) is -0.0220. The van der Waals surface area contributed by atoms with E-state index < -0.39 is 0 Å². The molecule has 1 aromatic heterocycles. The van der Waals surface area contributed by atoms with Gasteiger partial charge in [0.2, 0.25) is 5.91 Å². The minimum Gasteiger partial charge on any atom is -0.375 e. The number of rotatable bonds is 4. The van der Waals surface area contributed by atoms with Crippen molar-refractivity contribution in [2.24, 2.45) is 0 Å². The zero-order valence-electron chi connectivity index (χ0n) is 13.0. The van der Waals surface area contributed by atoms with Gasteiger partial charge in [0.1, 0.15) is 6.61 Å². The molecule has 2 heterocycles. The third-order valence-corrected chi connectivity index (χ3v) is 4.03. The lowest BCUT2D eigenvalue weighted by molar-refractivity contribution is -0.136. The Morgan fingerprint density at radius 3 is 2.57 bits per heavy atom. The number of ether oxygens (including phenoxy) is 1. The Hall–Kier alpha value is -2.48. The quantitative estimate of drug-likeness (QED) is 0.807. The van der Waals surface area contributed by atoms with E-state index in [-0.39, 0.29) is 24.2 Å². The first kappa shape index (κ1) is 15.4. The van der Waals surface area contributed by atoms with E-state index in [0.29, 0.717) is 31.6 Å². The second-order valence-electron chi connectivity index (χ2n) is 5.50. The molecule has 0 spiro atoms. The number of para-hydroxylation sites is 1. The SMILES string of the molecule is COCC(=O)N1CCC(n2nnn(-c3ccccc3)c2=O)CC1. The van der Waals surface area contributed by atoms with Crippen LogP contribution in [0.1, 0.15) is 18.9 Å². The molecule has 1 aliphatic rings. The Morgan fingerprint density at radius 1 is 1.22 bits per heavy atom. The van der Waals surface area contributed by atoms with E-state index in [1.165, 1.54) is 16.5 Å². The number of tetrazole rings is 1. The Morgan fingerprint density at radius 2 is 1.91 bits per heavy atom. The van der Waals surface area contributed by atoms with Gasteiger partial charge in [0.25, 0.3) is 0 Å². The third-order valence-electron chi connectivity index (χ3n) is 4.03. The number of carbonyl (C=O) groups excluding carboxylic acids is 1. The van der Waals surface area contributed by atoms with Crippen LogP contribution in [0.25, 0.3) is 5.69 Å². The van der Waals surface area contributed by atoms with Gasteiger partial charge in [0.15, 0.2) is 0 Å². The van der Waals surface area contributed by atoms with E-state index in [9.17, 15) is 9.59 Å². The first-order valence-electron chi connectivity index (χ1n) is 7.57. The number of aromatic nitrogens is 4. The molecule has 122 valence electrons. The van der Waals surface area contributed by atoms with E-state index in [1.54, 1.807) is 4.90 Å². The van der Waals surface area contributed by atoms with Crippen LogP contribution in [0.5, 0.6) is 0 Å². The van der Waals surface area contributed by atoms with Gasteiger partial charge in [0, 0.05) is 20.2 Å². The molecule has 2 aromatic rings. The maximum absolute atomic E-state index is 12.5. The number of nitrogens with zero attached hydrogens (tertiary/aromatic N) is 5. The molecule has 8 heteroatoms. The van der Waals surface area contributed by atoms with Crippen molar-refractivity contribution in [3.05, 3.63) is 40.8 Å². The molecule has 8 nitrogen and oxygen atoms in total. The predicted octanol–water partition coefficient (Wildman–Crippen LogP) is 0.239. The highest BCUT2D eigenvalue weighted by Gasteiger charge is 2.26. The fourth-order valence-corrected chi connectivity index (χ4v) is 2.79. The molecule has 0 atom stereocenters. The van der Waals surface area contributed by atoms with Crippen LogP contribution >= 0.6 is 0 Å². The van der Waals surface area contributed by atoms with E-state index in [4.69, 9.17) is 4.74 Å². The number of carbonyl (C=O) groups is 1. The lowest BCUT2D eigenvalue weighted by Crippen LogP contribution is -2.42. The van der Waals surface area contributed by atoms with Crippen LogP contribution < -0.4 is 5.69 Å². The topological polar surface area (TPSA) is 82.2 Å². The summed E-state index contributed by atoms with van der Waals surface area (Å²) in [4.78, 5) is 26.0. The highest BCUT2D eigenvalue weighted by Crippen LogP contribution is 2.20. The molecule has 0 aliphatic carbocycles. The van der Waals surface area contributed by atoms with Crippen molar-refractivity contribution in [1.29, 1.82) is 0 Å². The molecule has 1 aliphatic heterocycles. The van der Waals surface area contributed by atoms with Gasteiger partial charge >= 0.3 is 5.69 Å². The normalized spacial score (nSPS) is 15.8. The molecule has 1 saturated heterocycles. The van der Waals surface area contributed by atoms with E-state index >= 15 is 0 Å². The first-order valence-corrected chi connectivity index (χ1v) is 7.57. The lowest BCUT2D eigenvalue weighted by Gasteiger charge is -2.31. The maximum atomic E-state index is 12.5. The van der Waals surface area contributed by atoms with E-state index in [1.807, 2.05) is 30.3 Å². The fourth-order valence-electron chi connectivity index (χ4n) is 2.79. The zero-order chi connectivity index (χ0) is 16.2. The van der Waals surface area contributed by atoms with Gasteiger partial charge in [-0.2, -0.15) is 9.36 Å². The molecule has 23 heavy (non-hydrogen) atoms. The Balaban J connectivity index is 1.71. The average Bonchev–Trinajstić information content (AvgIpc) is 2.97. The number of amides is 1. The molecule has 1 aromatic carbocycles. The van der Waals surface area contributed by atoms with Gasteiger partial charge in [0.05, 0.1) is 11.7 Å². The van der Waals surface area contributed by atoms with Crippen LogP contribution in [0.4, 0.5) is 0 Å². The van der Waals surface area contributed by atoms with Gasteiger partial charge in [-0.1, -0.05) is 18.2 Å². The molecule has 0 saturated carbocycles. The van der Waals surface area contributed by atoms with Gasteiger partial charge in [-0.3, -0.25) is 4.79 Å². The monoisotopic (exact) mass is 317 g/mol. The zero-order valence-corrected chi connectivity index (χ0v) is 13.0. The highest BCUT2D eigenvalue weighted by atomic mass is 16.5. The molecular formula is C15H19N5O3. The van der Waals surface area contributed by atoms with Crippen LogP contribution in [0.2, 0.25) is 0 Å². The third kappa shape index (κ3) is 3.16. The molecular weight excluding hydrogens is 298 g/mol. The maximum Gasteiger partial charge on any atom is 0.368 e. The summed E-state index contributed by atoms with van der Waals surface area (Å²) in [6.45, 7) is 1.28. The molecule has 0 radical (unpaired) electrons. The molecule has 1 amide bonds. The number of methoxy groups -OCH3 is 1. The molecule has 1 fully saturated rings. The Bertz CT molecular complexity index is 716. The van der Waals surface area contributed by atoms with Crippen molar-refractivity contribution < 1.29 is 9.53 Å². The molecule has 0 unspecified atom stereocenters. The number of piperidine rings is 1. The summed E-state index contributed by atoms with van der Waals surface area (Å²) in [6, 6.07) is 9.16. The second kappa shape index (κ2) is 6.74. The van der Waals surface area contributed by atoms with Crippen molar-refractivity contribution in [2.75, 3.05) is 26.8 Å². The summed E-state index contributed by atoms with van der Waals surface area (Å²) < 4.78 is 7.58. The van der Waals surface area contributed by atoms with Crippen LogP contribution in [0, 0.1) is 0 Å². The van der Waals surface area contributed by atoms with Crippen molar-refractivity contribution in [3.8, 4) is 5.69 Å². The summed E-state index contributed by atoms with van der Waals surface area (Å²) in [7, 11) is 1.51. The van der Waals surface area contributed by atoms with Crippen LogP contribution in [-0.2, 0) is 9.53 Å². The lowest BCUT2D eigenvalue weighted by atomic mass is 10.1. The average molecular weight is 317 g/mol. The van der Waals surface area contributed by atoms with Gasteiger partial charge in [-0.15, -0.1) is 0 Å². The summed E-state index contributed by atoms with van der Waals surface area (Å²) >= 11 is 0. The predicted molar refractivity (Wildman–Crippen MR) is 82.3 cm³/mol. The van der Waals surface area contributed by atoms with Crippen LogP contribution in [0.3, 0.4) is 0 Å². The number of benzene rings is 1. The number of hydrogen-bond acceptors (Lipinski definition) is 5. The molecule has 3 rings (SSSR count). The van der Waals surface area contributed by atoms with Crippen LogP contribution in [-0.4, -0.2) is 57.4 Å². The van der Waals surface area contributed by atoms with Crippen molar-refractivity contribution in [3.63, 3.8) is 0 Å². The minimum absolute atomic E-state index is 0.0220. The largest absolute Gasteiger partial charge is 0.375 e. The highest BCUT2D eigenvalue weighted by molar-refractivity contribution is 5.77. The fraction of sp³-hybridized carbons (Fsp3) is 0.467. The van der Waals surface area contributed by atoms with E-state index in [0.717, 1.165) is 0 Å². The van der Waals surface area contributed by atoms with E-state index in [2.05, 4.69) is 10.4 Å². The van der Waals surface area contributed by atoms with Gasteiger partial charge in [-0.05, 0) is 35.4 Å². The first-order chi connectivity index (χ1) is 11.2. The molecule has 0 N–H and O–H groups in total. The summed E-state index contributed by atoms with van der Waals surface area (Å²) in [5.41, 5.74) is 0.439. The molecule has 0 bridgehead atoms. The Kier molecular flexibility index (Phi) is 4.52. The Labute approximate surface area is 133 Å².